The van der Waals surface area contributed by atoms with Crippen LogP contribution in [-0.2, 0) is 7.05 Å². The van der Waals surface area contributed by atoms with Gasteiger partial charge in [0.2, 0.25) is 0 Å². The number of pyridine rings is 1. The third-order valence-electron chi connectivity index (χ3n) is 6.77. The highest BCUT2D eigenvalue weighted by atomic mass is 15.0. The quantitative estimate of drug-likeness (QED) is 0.282. The van der Waals surface area contributed by atoms with Crippen LogP contribution in [0.1, 0.15) is 0 Å². The summed E-state index contributed by atoms with van der Waals surface area (Å²) in [6.45, 7) is 0. The maximum atomic E-state index is 4.86. The fourth-order valence-electron chi connectivity index (χ4n) is 5.19. The lowest BCUT2D eigenvalue weighted by atomic mass is 10.1. The number of rotatable bonds is 2. The van der Waals surface area contributed by atoms with Gasteiger partial charge in [0.25, 0.3) is 0 Å². The van der Waals surface area contributed by atoms with Gasteiger partial charge in [0.1, 0.15) is 0 Å². The van der Waals surface area contributed by atoms with Crippen LogP contribution in [0.15, 0.2) is 109 Å². The number of benzene rings is 4. The average Bonchev–Trinajstić information content (AvgIpc) is 3.35. The van der Waals surface area contributed by atoms with Crippen molar-refractivity contribution in [3.8, 4) is 16.9 Å². The van der Waals surface area contributed by atoms with Gasteiger partial charge in [0.05, 0.1) is 28.4 Å². The number of hydrogen-bond acceptors (Lipinski definition) is 1. The Balaban J connectivity index is 1.66. The van der Waals surface area contributed by atoms with Crippen LogP contribution in [0, 0.1) is 0 Å². The first-order valence-corrected chi connectivity index (χ1v) is 11.2. The van der Waals surface area contributed by atoms with Gasteiger partial charge in [-0.25, -0.2) is 0 Å². The van der Waals surface area contributed by atoms with E-state index in [0.717, 1.165) is 22.5 Å². The van der Waals surface area contributed by atoms with Gasteiger partial charge in [0.15, 0.2) is 0 Å². The van der Waals surface area contributed by atoms with Crippen LogP contribution >= 0.6 is 0 Å². The van der Waals surface area contributed by atoms with E-state index in [0.29, 0.717) is 0 Å². The topological polar surface area (TPSA) is 22.8 Å². The molecule has 33 heavy (non-hydrogen) atoms. The van der Waals surface area contributed by atoms with Gasteiger partial charge < -0.3 is 9.13 Å². The van der Waals surface area contributed by atoms with Gasteiger partial charge in [-0.1, -0.05) is 66.7 Å². The molecule has 0 aliphatic rings. The molecular weight excluding hydrogens is 402 g/mol. The van der Waals surface area contributed by atoms with E-state index in [4.69, 9.17) is 4.98 Å². The molecule has 0 fully saturated rings. The molecular formula is C30H21N3. The summed E-state index contributed by atoms with van der Waals surface area (Å²) in [7, 11) is 2.15. The minimum absolute atomic E-state index is 0.994. The number of nitrogens with zero attached hydrogens (tertiary/aromatic N) is 3. The number of hydrogen-bond donors (Lipinski definition) is 0. The summed E-state index contributed by atoms with van der Waals surface area (Å²) in [5.41, 5.74) is 8.07. The molecule has 4 aromatic carbocycles. The van der Waals surface area contributed by atoms with Crippen molar-refractivity contribution < 1.29 is 0 Å². The monoisotopic (exact) mass is 423 g/mol. The lowest BCUT2D eigenvalue weighted by molar-refractivity contribution is 1.01. The largest absolute Gasteiger partial charge is 0.344 e. The van der Waals surface area contributed by atoms with Crippen LogP contribution in [0.3, 0.4) is 0 Å². The molecule has 0 amide bonds. The lowest BCUT2D eigenvalue weighted by Gasteiger charge is -2.08. The fourth-order valence-corrected chi connectivity index (χ4v) is 5.19. The van der Waals surface area contributed by atoms with Crippen LogP contribution < -0.4 is 0 Å². The van der Waals surface area contributed by atoms with Gasteiger partial charge in [-0.15, -0.1) is 0 Å². The molecule has 7 rings (SSSR count). The first-order valence-electron chi connectivity index (χ1n) is 11.2. The molecule has 7 aromatic rings. The van der Waals surface area contributed by atoms with E-state index in [1.165, 1.54) is 38.1 Å². The fraction of sp³-hybridized carbons (Fsp3) is 0.0333. The van der Waals surface area contributed by atoms with Crippen LogP contribution in [0.25, 0.3) is 60.6 Å². The van der Waals surface area contributed by atoms with E-state index in [1.54, 1.807) is 0 Å². The molecule has 0 unspecified atom stereocenters. The predicted molar refractivity (Wildman–Crippen MR) is 138 cm³/mol. The summed E-state index contributed by atoms with van der Waals surface area (Å²) >= 11 is 0. The average molecular weight is 424 g/mol. The zero-order valence-corrected chi connectivity index (χ0v) is 18.2. The molecule has 0 aliphatic carbocycles. The van der Waals surface area contributed by atoms with Gasteiger partial charge in [0, 0.05) is 45.4 Å². The van der Waals surface area contributed by atoms with Gasteiger partial charge in [-0.3, -0.25) is 4.98 Å². The zero-order chi connectivity index (χ0) is 21.9. The Kier molecular flexibility index (Phi) is 3.76. The van der Waals surface area contributed by atoms with E-state index in [-0.39, 0.29) is 0 Å². The molecule has 3 heterocycles. The van der Waals surface area contributed by atoms with Crippen molar-refractivity contribution in [3.05, 3.63) is 109 Å². The highest BCUT2D eigenvalue weighted by molar-refractivity contribution is 6.18. The first-order chi connectivity index (χ1) is 16.3. The van der Waals surface area contributed by atoms with E-state index in [2.05, 4.69) is 113 Å². The van der Waals surface area contributed by atoms with Crippen molar-refractivity contribution in [2.75, 3.05) is 0 Å². The van der Waals surface area contributed by atoms with Crippen LogP contribution in [0.2, 0.25) is 0 Å². The smallest absolute Gasteiger partial charge is 0.0724 e. The molecule has 0 saturated heterocycles. The predicted octanol–water partition coefficient (Wildman–Crippen LogP) is 7.49. The van der Waals surface area contributed by atoms with E-state index < -0.39 is 0 Å². The van der Waals surface area contributed by atoms with E-state index in [9.17, 15) is 0 Å². The summed E-state index contributed by atoms with van der Waals surface area (Å²) in [5.74, 6) is 0. The van der Waals surface area contributed by atoms with Crippen LogP contribution in [0.5, 0.6) is 0 Å². The Labute approximate surface area is 191 Å². The summed E-state index contributed by atoms with van der Waals surface area (Å²) in [4.78, 5) is 4.86. The Morgan fingerprint density at radius 2 is 1.21 bits per heavy atom. The second kappa shape index (κ2) is 6.81. The second-order valence-corrected chi connectivity index (χ2v) is 8.59. The molecule has 0 bridgehead atoms. The molecule has 0 radical (unpaired) electrons. The standard InChI is InChI=1S/C30H21N3/c1-32-27-15-9-8-14-22(27)23-16-24-25-17-26(20-10-4-2-5-11-20)31-19-30(25)33(29(24)18-28(23)32)21-12-6-3-7-13-21/h2-19H,1H3. The Hall–Kier alpha value is -4.37. The summed E-state index contributed by atoms with van der Waals surface area (Å²) in [6, 6.07) is 36.6. The highest BCUT2D eigenvalue weighted by Crippen LogP contribution is 2.38. The van der Waals surface area contributed by atoms with Gasteiger partial charge >= 0.3 is 0 Å². The van der Waals surface area contributed by atoms with E-state index in [1.807, 2.05) is 12.3 Å². The van der Waals surface area contributed by atoms with Crippen molar-refractivity contribution in [2.24, 2.45) is 7.05 Å². The van der Waals surface area contributed by atoms with Crippen LogP contribution in [-0.4, -0.2) is 14.1 Å². The molecule has 3 nitrogen and oxygen atoms in total. The highest BCUT2D eigenvalue weighted by Gasteiger charge is 2.17. The SMILES string of the molecule is Cn1c2ccccc2c2cc3c4cc(-c5ccccc5)ncc4n(-c4ccccc4)c3cc21. The Morgan fingerprint density at radius 1 is 0.545 bits per heavy atom. The third-order valence-corrected chi connectivity index (χ3v) is 6.77. The number of aromatic nitrogens is 3. The first kappa shape index (κ1) is 18.2. The van der Waals surface area contributed by atoms with Crippen molar-refractivity contribution in [2.45, 2.75) is 0 Å². The molecule has 156 valence electrons. The second-order valence-electron chi connectivity index (χ2n) is 8.59. The Bertz CT molecular complexity index is 1810. The molecule has 0 spiro atoms. The van der Waals surface area contributed by atoms with Crippen molar-refractivity contribution in [3.63, 3.8) is 0 Å². The van der Waals surface area contributed by atoms with Crippen molar-refractivity contribution in [1.29, 1.82) is 0 Å². The summed E-state index contributed by atoms with van der Waals surface area (Å²) in [6.07, 6.45) is 2.02. The minimum Gasteiger partial charge on any atom is -0.344 e. The number of aryl methyl sites for hydroxylation is 1. The normalized spacial score (nSPS) is 11.8. The van der Waals surface area contributed by atoms with Gasteiger partial charge in [-0.05, 0) is 36.4 Å². The van der Waals surface area contributed by atoms with Crippen LogP contribution in [0.4, 0.5) is 0 Å². The van der Waals surface area contributed by atoms with Gasteiger partial charge in [-0.2, -0.15) is 0 Å². The molecule has 0 aliphatic heterocycles. The molecule has 3 aromatic heterocycles. The Morgan fingerprint density at radius 3 is 2.03 bits per heavy atom. The molecule has 3 heteroatoms. The number of para-hydroxylation sites is 2. The van der Waals surface area contributed by atoms with Crippen molar-refractivity contribution in [1.82, 2.24) is 14.1 Å². The lowest BCUT2D eigenvalue weighted by Crippen LogP contribution is -1.94. The maximum Gasteiger partial charge on any atom is 0.0724 e. The number of fused-ring (bicyclic) bond motifs is 6. The maximum absolute atomic E-state index is 4.86. The molecule has 0 atom stereocenters. The minimum atomic E-state index is 0.994. The summed E-state index contributed by atoms with van der Waals surface area (Å²) in [5, 5.41) is 5.04. The molecule has 0 N–H and O–H groups in total. The zero-order valence-electron chi connectivity index (χ0n) is 18.2. The summed E-state index contributed by atoms with van der Waals surface area (Å²) < 4.78 is 4.63. The van der Waals surface area contributed by atoms with Crippen molar-refractivity contribution >= 4 is 43.6 Å². The van der Waals surface area contributed by atoms with E-state index >= 15 is 0 Å². The third kappa shape index (κ3) is 2.60. The molecule has 0 saturated carbocycles.